The highest BCUT2D eigenvalue weighted by Crippen LogP contribution is 2.19. The Hall–Kier alpha value is -1.85. The maximum absolute atomic E-state index is 11.0. The Morgan fingerprint density at radius 2 is 2.24 bits per heavy atom. The van der Waals surface area contributed by atoms with Gasteiger partial charge in [0.25, 0.3) is 0 Å². The number of aldehydes is 1. The van der Waals surface area contributed by atoms with Gasteiger partial charge in [-0.25, -0.2) is 9.78 Å². The van der Waals surface area contributed by atoms with Crippen molar-refractivity contribution in [3.63, 3.8) is 0 Å². The van der Waals surface area contributed by atoms with Gasteiger partial charge in [0.2, 0.25) is 0 Å². The van der Waals surface area contributed by atoms with E-state index >= 15 is 0 Å². The molecule has 1 aromatic rings. The van der Waals surface area contributed by atoms with Gasteiger partial charge < -0.3 is 15.2 Å². The highest BCUT2D eigenvalue weighted by molar-refractivity contribution is 5.72. The van der Waals surface area contributed by atoms with Crippen molar-refractivity contribution in [3.8, 4) is 0 Å². The van der Waals surface area contributed by atoms with Gasteiger partial charge in [0.05, 0.1) is 12.5 Å². The van der Waals surface area contributed by atoms with Crippen LogP contribution in [0.5, 0.6) is 0 Å². The first kappa shape index (κ1) is 11.6. The van der Waals surface area contributed by atoms with Gasteiger partial charge in [-0.1, -0.05) is 0 Å². The summed E-state index contributed by atoms with van der Waals surface area (Å²) in [4.78, 5) is 27.3. The second-order valence-corrected chi connectivity index (χ2v) is 4.36. The number of rotatable bonds is 3. The summed E-state index contributed by atoms with van der Waals surface area (Å²) in [6, 6.07) is -0.348. The third-order valence-electron chi connectivity index (χ3n) is 3.25. The number of nitrogens with two attached hydrogens (primary N) is 1. The van der Waals surface area contributed by atoms with Crippen LogP contribution < -0.4 is 5.73 Å². The van der Waals surface area contributed by atoms with E-state index in [1.807, 2.05) is 4.57 Å². The summed E-state index contributed by atoms with van der Waals surface area (Å²) < 4.78 is 1.86. The molecule has 1 aliphatic rings. The van der Waals surface area contributed by atoms with Crippen LogP contribution in [-0.2, 0) is 6.54 Å². The monoisotopic (exact) mass is 236 g/mol. The topological polar surface area (TPSA) is 81.2 Å². The molecule has 2 rings (SSSR count). The normalized spacial score (nSPS) is 17.1. The van der Waals surface area contributed by atoms with Gasteiger partial charge in [-0.2, -0.15) is 0 Å². The molecule has 0 aliphatic carbocycles. The number of hydrogen-bond donors (Lipinski definition) is 1. The average molecular weight is 236 g/mol. The zero-order valence-electron chi connectivity index (χ0n) is 9.58. The predicted molar refractivity (Wildman–Crippen MR) is 61.5 cm³/mol. The van der Waals surface area contributed by atoms with Crippen LogP contribution in [0.1, 0.15) is 23.3 Å². The van der Waals surface area contributed by atoms with Gasteiger partial charge in [0.1, 0.15) is 5.69 Å². The van der Waals surface area contributed by atoms with Crippen molar-refractivity contribution >= 4 is 12.3 Å². The molecule has 0 atom stereocenters. The van der Waals surface area contributed by atoms with Crippen molar-refractivity contribution < 1.29 is 9.59 Å². The van der Waals surface area contributed by atoms with Crippen LogP contribution in [0.2, 0.25) is 0 Å². The fraction of sp³-hybridized carbons (Fsp3) is 0.545. The van der Waals surface area contributed by atoms with Crippen LogP contribution in [0, 0.1) is 5.92 Å². The Morgan fingerprint density at radius 3 is 2.82 bits per heavy atom. The summed E-state index contributed by atoms with van der Waals surface area (Å²) in [5.41, 5.74) is 5.82. The SMILES string of the molecule is NC(=O)N1CCC(Cn2cncc2C=O)CC1. The van der Waals surface area contributed by atoms with Crippen molar-refractivity contribution in [2.45, 2.75) is 19.4 Å². The van der Waals surface area contributed by atoms with Crippen molar-refractivity contribution in [2.75, 3.05) is 13.1 Å². The van der Waals surface area contributed by atoms with E-state index in [4.69, 9.17) is 5.73 Å². The maximum Gasteiger partial charge on any atom is 0.314 e. The van der Waals surface area contributed by atoms with E-state index in [1.54, 1.807) is 17.4 Å². The Balaban J connectivity index is 1.90. The number of imidazole rings is 1. The molecule has 0 aromatic carbocycles. The minimum Gasteiger partial charge on any atom is -0.351 e. The molecular weight excluding hydrogens is 220 g/mol. The van der Waals surface area contributed by atoms with Crippen LogP contribution in [0.3, 0.4) is 0 Å². The standard InChI is InChI=1S/C11H16N4O2/c12-11(17)14-3-1-9(2-4-14)6-15-8-13-5-10(15)7-16/h5,7-9H,1-4,6H2,(H2,12,17). The third kappa shape index (κ3) is 2.64. The van der Waals surface area contributed by atoms with Gasteiger partial charge in [-0.15, -0.1) is 0 Å². The molecule has 0 saturated carbocycles. The lowest BCUT2D eigenvalue weighted by atomic mass is 9.97. The molecule has 0 radical (unpaired) electrons. The molecule has 1 saturated heterocycles. The molecule has 2 N–H and O–H groups in total. The van der Waals surface area contributed by atoms with E-state index in [-0.39, 0.29) is 6.03 Å². The zero-order valence-corrected chi connectivity index (χ0v) is 9.58. The van der Waals surface area contributed by atoms with Crippen molar-refractivity contribution in [3.05, 3.63) is 18.2 Å². The van der Waals surface area contributed by atoms with Crippen LogP contribution in [0.4, 0.5) is 4.79 Å². The fourth-order valence-corrected chi connectivity index (χ4v) is 2.20. The fourth-order valence-electron chi connectivity index (χ4n) is 2.20. The number of primary amides is 1. The van der Waals surface area contributed by atoms with E-state index in [2.05, 4.69) is 4.98 Å². The number of urea groups is 1. The molecule has 17 heavy (non-hydrogen) atoms. The van der Waals surface area contributed by atoms with E-state index in [0.29, 0.717) is 24.7 Å². The number of carbonyl (C=O) groups is 2. The second-order valence-electron chi connectivity index (χ2n) is 4.36. The number of piperidine rings is 1. The van der Waals surface area contributed by atoms with Crippen LogP contribution >= 0.6 is 0 Å². The minimum atomic E-state index is -0.348. The average Bonchev–Trinajstić information content (AvgIpc) is 2.77. The Morgan fingerprint density at radius 1 is 1.53 bits per heavy atom. The number of likely N-dealkylation sites (tertiary alicyclic amines) is 1. The summed E-state index contributed by atoms with van der Waals surface area (Å²) >= 11 is 0. The first-order valence-corrected chi connectivity index (χ1v) is 5.70. The largest absolute Gasteiger partial charge is 0.351 e. The van der Waals surface area contributed by atoms with Crippen LogP contribution in [0.25, 0.3) is 0 Å². The molecule has 0 unspecified atom stereocenters. The van der Waals surface area contributed by atoms with Gasteiger partial charge in [-0.05, 0) is 18.8 Å². The molecule has 6 heteroatoms. The quantitative estimate of drug-likeness (QED) is 0.775. The lowest BCUT2D eigenvalue weighted by molar-refractivity contribution is 0.111. The van der Waals surface area contributed by atoms with E-state index in [0.717, 1.165) is 25.7 Å². The van der Waals surface area contributed by atoms with Crippen molar-refractivity contribution in [2.24, 2.45) is 11.7 Å². The van der Waals surface area contributed by atoms with Crippen LogP contribution in [0.15, 0.2) is 12.5 Å². The minimum absolute atomic E-state index is 0.348. The van der Waals surface area contributed by atoms with Gasteiger partial charge in [0, 0.05) is 19.6 Å². The van der Waals surface area contributed by atoms with Gasteiger partial charge >= 0.3 is 6.03 Å². The number of aromatic nitrogens is 2. The third-order valence-corrected chi connectivity index (χ3v) is 3.25. The second kappa shape index (κ2) is 4.99. The highest BCUT2D eigenvalue weighted by atomic mass is 16.2. The Kier molecular flexibility index (Phi) is 3.41. The molecular formula is C11H16N4O2. The molecule has 1 aliphatic heterocycles. The van der Waals surface area contributed by atoms with E-state index in [9.17, 15) is 9.59 Å². The molecule has 1 fully saturated rings. The summed E-state index contributed by atoms with van der Waals surface area (Å²) in [7, 11) is 0. The lowest BCUT2D eigenvalue weighted by Gasteiger charge is -2.30. The summed E-state index contributed by atoms with van der Waals surface area (Å²) in [6.45, 7) is 2.18. The van der Waals surface area contributed by atoms with Crippen molar-refractivity contribution in [1.29, 1.82) is 0 Å². The summed E-state index contributed by atoms with van der Waals surface area (Å²) in [6.07, 6.45) is 5.88. The molecule has 0 bridgehead atoms. The molecule has 1 aromatic heterocycles. The van der Waals surface area contributed by atoms with Gasteiger partial charge in [-0.3, -0.25) is 4.79 Å². The lowest BCUT2D eigenvalue weighted by Crippen LogP contribution is -2.42. The first-order valence-electron chi connectivity index (χ1n) is 5.70. The molecule has 6 nitrogen and oxygen atoms in total. The van der Waals surface area contributed by atoms with Crippen molar-refractivity contribution in [1.82, 2.24) is 14.5 Å². The van der Waals surface area contributed by atoms with E-state index < -0.39 is 0 Å². The summed E-state index contributed by atoms with van der Waals surface area (Å²) in [5.74, 6) is 0.471. The number of carbonyl (C=O) groups excluding carboxylic acids is 2. The number of amides is 2. The maximum atomic E-state index is 11.0. The number of hydrogen-bond acceptors (Lipinski definition) is 3. The smallest absolute Gasteiger partial charge is 0.314 e. The molecule has 0 spiro atoms. The predicted octanol–water partition coefficient (Wildman–Crippen LogP) is 0.486. The Labute approximate surface area is 99.4 Å². The first-order chi connectivity index (χ1) is 8.20. The zero-order chi connectivity index (χ0) is 12.3. The molecule has 2 heterocycles. The molecule has 92 valence electrons. The molecule has 2 amide bonds. The van der Waals surface area contributed by atoms with Crippen LogP contribution in [-0.4, -0.2) is 39.9 Å². The van der Waals surface area contributed by atoms with E-state index in [1.165, 1.54) is 0 Å². The van der Waals surface area contributed by atoms with Gasteiger partial charge in [0.15, 0.2) is 6.29 Å². The summed E-state index contributed by atoms with van der Waals surface area (Å²) in [5, 5.41) is 0. The number of nitrogens with zero attached hydrogens (tertiary/aromatic N) is 3. The highest BCUT2D eigenvalue weighted by Gasteiger charge is 2.21. The Bertz CT molecular complexity index is 407.